The first-order chi connectivity index (χ1) is 19.0. The van der Waals surface area contributed by atoms with Crippen LogP contribution in [-0.4, -0.2) is 64.9 Å². The maximum absolute atomic E-state index is 13.2. The van der Waals surface area contributed by atoms with Crippen LogP contribution in [0.4, 0.5) is 11.6 Å². The van der Waals surface area contributed by atoms with Gasteiger partial charge in [0, 0.05) is 49.9 Å². The van der Waals surface area contributed by atoms with E-state index in [4.69, 9.17) is 9.40 Å². The Morgan fingerprint density at radius 2 is 2.08 bits per heavy atom. The molecule has 0 bridgehead atoms. The Hall–Kier alpha value is -3.96. The molecule has 2 N–H and O–H groups in total. The summed E-state index contributed by atoms with van der Waals surface area (Å²) >= 11 is 0. The van der Waals surface area contributed by atoms with Crippen LogP contribution < -0.4 is 5.32 Å². The highest BCUT2D eigenvalue weighted by atomic mass is 16.4. The van der Waals surface area contributed by atoms with Gasteiger partial charge in [0.2, 0.25) is 17.6 Å². The van der Waals surface area contributed by atoms with Crippen molar-refractivity contribution >= 4 is 17.4 Å². The molecule has 1 aliphatic heterocycles. The van der Waals surface area contributed by atoms with Gasteiger partial charge in [-0.15, -0.1) is 10.2 Å². The average Bonchev–Trinajstić information content (AvgIpc) is 3.52. The lowest BCUT2D eigenvalue weighted by Crippen LogP contribution is -2.30. The van der Waals surface area contributed by atoms with E-state index in [0.29, 0.717) is 24.9 Å². The number of aryl methyl sites for hydroxylation is 1. The number of rotatable bonds is 8. The minimum Gasteiger partial charge on any atom is -0.418 e. The zero-order valence-corrected chi connectivity index (χ0v) is 23.6. The Labute approximate surface area is 233 Å². The molecule has 0 saturated carbocycles. The SMILES string of the molecule is C[C@@H](O)CN1CCC(CC(=O)c2nnc(C(C)(C)C)o2)c2ccc(-c3ccnc(Nc4cnn(C)c4)n3)cc2C1. The Morgan fingerprint density at radius 1 is 1.25 bits per heavy atom. The molecule has 0 fully saturated rings. The third-order valence-electron chi connectivity index (χ3n) is 6.94. The van der Waals surface area contributed by atoms with Crippen molar-refractivity contribution in [3.8, 4) is 11.3 Å². The van der Waals surface area contributed by atoms with Gasteiger partial charge in [0.15, 0.2) is 0 Å². The van der Waals surface area contributed by atoms with Crippen LogP contribution in [0.15, 0.2) is 47.3 Å². The van der Waals surface area contributed by atoms with E-state index >= 15 is 0 Å². The normalized spacial score (nSPS) is 16.8. The van der Waals surface area contributed by atoms with Gasteiger partial charge in [-0.3, -0.25) is 14.4 Å². The molecule has 1 unspecified atom stereocenters. The van der Waals surface area contributed by atoms with Gasteiger partial charge >= 0.3 is 0 Å². The van der Waals surface area contributed by atoms with Gasteiger partial charge in [-0.2, -0.15) is 5.10 Å². The molecule has 0 radical (unpaired) electrons. The van der Waals surface area contributed by atoms with Crippen molar-refractivity contribution < 1.29 is 14.3 Å². The number of fused-ring (bicyclic) bond motifs is 1. The highest BCUT2D eigenvalue weighted by molar-refractivity contribution is 5.92. The van der Waals surface area contributed by atoms with Crippen LogP contribution in [0.1, 0.15) is 74.2 Å². The monoisotopic (exact) mass is 544 g/mol. The molecular weight excluding hydrogens is 508 g/mol. The summed E-state index contributed by atoms with van der Waals surface area (Å²) < 4.78 is 7.44. The number of aliphatic hydroxyl groups excluding tert-OH is 1. The van der Waals surface area contributed by atoms with E-state index in [-0.39, 0.29) is 29.4 Å². The number of ketones is 1. The van der Waals surface area contributed by atoms with E-state index in [1.807, 2.05) is 46.1 Å². The van der Waals surface area contributed by atoms with Crippen molar-refractivity contribution in [2.45, 2.75) is 64.5 Å². The Bertz CT molecular complexity index is 1490. The quantitative estimate of drug-likeness (QED) is 0.310. The molecule has 3 aromatic heterocycles. The zero-order valence-electron chi connectivity index (χ0n) is 23.6. The number of aromatic nitrogens is 6. The fourth-order valence-corrected chi connectivity index (χ4v) is 5.00. The summed E-state index contributed by atoms with van der Waals surface area (Å²) in [6.07, 6.45) is 5.89. The predicted molar refractivity (Wildman–Crippen MR) is 150 cm³/mol. The largest absolute Gasteiger partial charge is 0.418 e. The standard InChI is InChI=1S/C29H36N8O3/c1-18(38)15-37-11-9-19(13-25(39)26-34-35-27(40-26)29(2,3)4)23-7-6-20(12-21(23)16-37)24-8-10-30-28(33-24)32-22-14-31-36(5)17-22/h6-8,10,12,14,17-19,38H,9,11,13,15-16H2,1-5H3,(H,30,32,33)/t18-,19?/m1/s1. The fourth-order valence-electron chi connectivity index (χ4n) is 5.00. The number of anilines is 2. The van der Waals surface area contributed by atoms with Crippen LogP contribution in [0.5, 0.6) is 0 Å². The summed E-state index contributed by atoms with van der Waals surface area (Å²) in [6.45, 7) is 9.69. The molecule has 1 aromatic carbocycles. The van der Waals surface area contributed by atoms with Gasteiger partial charge < -0.3 is 14.8 Å². The van der Waals surface area contributed by atoms with Gasteiger partial charge in [0.25, 0.3) is 5.89 Å². The summed E-state index contributed by atoms with van der Waals surface area (Å²) in [6, 6.07) is 8.15. The lowest BCUT2D eigenvalue weighted by molar-refractivity contribution is 0.0929. The van der Waals surface area contributed by atoms with Crippen LogP contribution in [0.3, 0.4) is 0 Å². The highest BCUT2D eigenvalue weighted by Gasteiger charge is 2.29. The summed E-state index contributed by atoms with van der Waals surface area (Å²) in [4.78, 5) is 24.5. The fraction of sp³-hybridized carbons (Fsp3) is 0.448. The molecule has 0 amide bonds. The van der Waals surface area contributed by atoms with Crippen molar-refractivity contribution in [2.24, 2.45) is 7.05 Å². The van der Waals surface area contributed by atoms with E-state index in [2.05, 4.69) is 42.6 Å². The summed E-state index contributed by atoms with van der Waals surface area (Å²) in [5.41, 5.74) is 4.43. The summed E-state index contributed by atoms with van der Waals surface area (Å²) in [5.74, 6) is 0.811. The number of aliphatic hydroxyl groups is 1. The number of carbonyl (C=O) groups excluding carboxylic acids is 1. The Balaban J connectivity index is 1.42. The van der Waals surface area contributed by atoms with E-state index in [1.165, 1.54) is 0 Å². The second-order valence-corrected chi connectivity index (χ2v) is 11.6. The maximum atomic E-state index is 13.2. The van der Waals surface area contributed by atoms with Crippen LogP contribution in [0.2, 0.25) is 0 Å². The molecule has 4 heterocycles. The smallest absolute Gasteiger partial charge is 0.284 e. The van der Waals surface area contributed by atoms with Crippen molar-refractivity contribution in [1.29, 1.82) is 0 Å². The molecule has 4 aromatic rings. The number of nitrogens with zero attached hydrogens (tertiary/aromatic N) is 7. The molecular formula is C29H36N8O3. The number of Topliss-reactive ketones (excluding diaryl/α,β-unsaturated/α-hetero) is 1. The van der Waals surface area contributed by atoms with E-state index in [9.17, 15) is 9.90 Å². The minimum atomic E-state index is -0.456. The first-order valence-electron chi connectivity index (χ1n) is 13.5. The van der Waals surface area contributed by atoms with Crippen LogP contribution in [0, 0.1) is 0 Å². The number of carbonyl (C=O) groups is 1. The minimum absolute atomic E-state index is 0.0197. The lowest BCUT2D eigenvalue weighted by Gasteiger charge is -2.22. The Kier molecular flexibility index (Phi) is 7.77. The van der Waals surface area contributed by atoms with E-state index in [1.54, 1.807) is 24.0 Å². The number of benzene rings is 1. The second-order valence-electron chi connectivity index (χ2n) is 11.6. The van der Waals surface area contributed by atoms with Gasteiger partial charge in [0.1, 0.15) is 0 Å². The Morgan fingerprint density at radius 3 is 2.77 bits per heavy atom. The molecule has 11 nitrogen and oxygen atoms in total. The van der Waals surface area contributed by atoms with Crippen molar-refractivity contribution in [2.75, 3.05) is 18.4 Å². The van der Waals surface area contributed by atoms with Crippen LogP contribution in [0.25, 0.3) is 11.3 Å². The maximum Gasteiger partial charge on any atom is 0.284 e. The molecule has 40 heavy (non-hydrogen) atoms. The second kappa shape index (κ2) is 11.3. The number of hydrogen-bond donors (Lipinski definition) is 2. The molecule has 0 aliphatic carbocycles. The van der Waals surface area contributed by atoms with Gasteiger partial charge in [-0.25, -0.2) is 9.97 Å². The number of nitrogens with one attached hydrogen (secondary N) is 1. The predicted octanol–water partition coefficient (Wildman–Crippen LogP) is 4.24. The van der Waals surface area contributed by atoms with E-state index in [0.717, 1.165) is 41.0 Å². The average molecular weight is 545 g/mol. The zero-order chi connectivity index (χ0) is 28.4. The first-order valence-corrected chi connectivity index (χ1v) is 13.5. The van der Waals surface area contributed by atoms with Crippen LogP contribution >= 0.6 is 0 Å². The third-order valence-corrected chi connectivity index (χ3v) is 6.94. The van der Waals surface area contributed by atoms with E-state index < -0.39 is 6.10 Å². The van der Waals surface area contributed by atoms with Crippen molar-refractivity contribution in [1.82, 2.24) is 34.8 Å². The molecule has 11 heteroatoms. The summed E-state index contributed by atoms with van der Waals surface area (Å²) in [5, 5.41) is 25.6. The topological polar surface area (TPSA) is 135 Å². The molecule has 0 spiro atoms. The molecule has 5 rings (SSSR count). The third kappa shape index (κ3) is 6.43. The van der Waals surface area contributed by atoms with Crippen molar-refractivity contribution in [3.05, 3.63) is 65.8 Å². The molecule has 2 atom stereocenters. The van der Waals surface area contributed by atoms with Gasteiger partial charge in [-0.05, 0) is 49.1 Å². The lowest BCUT2D eigenvalue weighted by atomic mass is 9.87. The number of hydrogen-bond acceptors (Lipinski definition) is 10. The van der Waals surface area contributed by atoms with Crippen molar-refractivity contribution in [3.63, 3.8) is 0 Å². The number of β-amino-alcohol motifs (C(OH)–C–C–N with tert-alkyl or cyclic N) is 1. The molecule has 1 aliphatic rings. The van der Waals surface area contributed by atoms with Gasteiger partial charge in [-0.1, -0.05) is 32.9 Å². The molecule has 0 saturated heterocycles. The first kappa shape index (κ1) is 27.6. The van der Waals surface area contributed by atoms with Crippen LogP contribution in [-0.2, 0) is 19.0 Å². The van der Waals surface area contributed by atoms with Gasteiger partial charge in [0.05, 0.1) is 23.7 Å². The highest BCUT2D eigenvalue weighted by Crippen LogP contribution is 2.35. The summed E-state index contributed by atoms with van der Waals surface area (Å²) in [7, 11) is 1.85. The molecule has 210 valence electrons.